The molecular formula is C8H20N4O. The number of nitrogens with two attached hydrogens (primary N) is 2. The Morgan fingerprint density at radius 1 is 1.38 bits per heavy atom. The van der Waals surface area contributed by atoms with Crippen molar-refractivity contribution in [2.45, 2.75) is 39.2 Å². The summed E-state index contributed by atoms with van der Waals surface area (Å²) in [4.78, 5) is 0. The first-order valence-corrected chi connectivity index (χ1v) is 4.58. The molecule has 0 aromatic rings. The van der Waals surface area contributed by atoms with Gasteiger partial charge in [-0.3, -0.25) is 5.01 Å². The molecule has 0 radical (unpaired) electrons. The minimum absolute atomic E-state index is 0.347. The molecule has 0 aliphatic rings. The number of hydrazine groups is 1. The summed E-state index contributed by atoms with van der Waals surface area (Å²) in [5, 5.41) is 15.0. The minimum Gasteiger partial charge on any atom is -0.382 e. The van der Waals surface area contributed by atoms with Crippen LogP contribution in [0.4, 0.5) is 0 Å². The molecule has 0 aromatic carbocycles. The van der Waals surface area contributed by atoms with Gasteiger partial charge in [-0.25, -0.2) is 5.84 Å². The molecule has 0 saturated carbocycles. The van der Waals surface area contributed by atoms with E-state index in [1.807, 2.05) is 20.8 Å². The predicted molar refractivity (Wildman–Crippen MR) is 53.7 cm³/mol. The minimum atomic E-state index is -1.00. The lowest BCUT2D eigenvalue weighted by Crippen LogP contribution is -2.52. The van der Waals surface area contributed by atoms with E-state index in [1.54, 1.807) is 0 Å². The highest BCUT2D eigenvalue weighted by Crippen LogP contribution is 2.17. The van der Waals surface area contributed by atoms with Crippen molar-refractivity contribution in [2.24, 2.45) is 16.8 Å². The maximum Gasteiger partial charge on any atom is 0.170 e. The number of rotatable bonds is 4. The van der Waals surface area contributed by atoms with Crippen LogP contribution in [0.15, 0.2) is 5.10 Å². The lowest BCUT2D eigenvalue weighted by atomic mass is 9.95. The van der Waals surface area contributed by atoms with E-state index < -0.39 is 5.60 Å². The molecule has 0 unspecified atom stereocenters. The van der Waals surface area contributed by atoms with Gasteiger partial charge in [0.25, 0.3) is 0 Å². The first-order valence-electron chi connectivity index (χ1n) is 4.58. The molecule has 0 aromatic heterocycles. The van der Waals surface area contributed by atoms with Crippen molar-refractivity contribution in [3.8, 4) is 0 Å². The zero-order valence-corrected chi connectivity index (χ0v) is 8.62. The van der Waals surface area contributed by atoms with Gasteiger partial charge in [-0.2, -0.15) is 5.10 Å². The molecule has 5 heteroatoms. The number of aliphatic hydroxyl groups is 1. The Hall–Kier alpha value is -0.810. The van der Waals surface area contributed by atoms with Gasteiger partial charge in [0.2, 0.25) is 0 Å². The second kappa shape index (κ2) is 5.04. The quantitative estimate of drug-likeness (QED) is 0.251. The van der Waals surface area contributed by atoms with Crippen molar-refractivity contribution in [2.75, 3.05) is 6.54 Å². The third-order valence-electron chi connectivity index (χ3n) is 2.32. The molecule has 0 aliphatic heterocycles. The second-order valence-corrected chi connectivity index (χ2v) is 2.98. The summed E-state index contributed by atoms with van der Waals surface area (Å²) in [5.74, 6) is 11.2. The van der Waals surface area contributed by atoms with Crippen molar-refractivity contribution in [3.05, 3.63) is 0 Å². The molecule has 0 aliphatic carbocycles. The number of amidine groups is 1. The molecule has 0 rings (SSSR count). The highest BCUT2D eigenvalue weighted by Gasteiger charge is 2.32. The fourth-order valence-electron chi connectivity index (χ4n) is 1.18. The van der Waals surface area contributed by atoms with E-state index in [4.69, 9.17) is 11.7 Å². The highest BCUT2D eigenvalue weighted by atomic mass is 16.3. The Labute approximate surface area is 79.4 Å². The van der Waals surface area contributed by atoms with Crippen molar-refractivity contribution in [3.63, 3.8) is 0 Å². The lowest BCUT2D eigenvalue weighted by molar-refractivity contribution is 0.0880. The molecule has 0 amide bonds. The van der Waals surface area contributed by atoms with Crippen molar-refractivity contribution >= 4 is 5.84 Å². The van der Waals surface area contributed by atoms with Gasteiger partial charge in [-0.05, 0) is 19.8 Å². The van der Waals surface area contributed by atoms with Crippen LogP contribution in [0.3, 0.4) is 0 Å². The molecule has 13 heavy (non-hydrogen) atoms. The maximum atomic E-state index is 10.1. The SMILES string of the molecule is CCN(N)/C(=N\N)C(O)(CC)CC. The van der Waals surface area contributed by atoms with Crippen LogP contribution in [0, 0.1) is 0 Å². The molecular weight excluding hydrogens is 168 g/mol. The normalized spacial score (nSPS) is 13.2. The molecule has 0 saturated heterocycles. The Morgan fingerprint density at radius 2 is 1.85 bits per heavy atom. The van der Waals surface area contributed by atoms with E-state index >= 15 is 0 Å². The van der Waals surface area contributed by atoms with E-state index in [0.717, 1.165) is 0 Å². The van der Waals surface area contributed by atoms with E-state index in [9.17, 15) is 5.11 Å². The number of hydrogen-bond acceptors (Lipinski definition) is 4. The summed E-state index contributed by atoms with van der Waals surface area (Å²) in [5.41, 5.74) is -1.00. The van der Waals surface area contributed by atoms with Gasteiger partial charge < -0.3 is 10.9 Å². The standard InChI is InChI=1S/C8H20N4O/c1-4-8(13,5-2)7(11-9)12(10)6-3/h13H,4-6,9-10H2,1-3H3/b11-7-. The van der Waals surface area contributed by atoms with Gasteiger partial charge >= 0.3 is 0 Å². The van der Waals surface area contributed by atoms with Crippen LogP contribution in [-0.2, 0) is 0 Å². The van der Waals surface area contributed by atoms with Crippen LogP contribution in [0.5, 0.6) is 0 Å². The smallest absolute Gasteiger partial charge is 0.170 e. The highest BCUT2D eigenvalue weighted by molar-refractivity contribution is 5.89. The zero-order valence-electron chi connectivity index (χ0n) is 8.62. The van der Waals surface area contributed by atoms with Crippen molar-refractivity contribution < 1.29 is 5.11 Å². The van der Waals surface area contributed by atoms with Crippen LogP contribution in [-0.4, -0.2) is 28.1 Å². The van der Waals surface area contributed by atoms with Gasteiger partial charge in [0.15, 0.2) is 5.84 Å². The molecule has 0 heterocycles. The Morgan fingerprint density at radius 3 is 2.08 bits per heavy atom. The molecule has 0 atom stereocenters. The van der Waals surface area contributed by atoms with E-state index in [-0.39, 0.29) is 0 Å². The number of hydrogen-bond donors (Lipinski definition) is 3. The van der Waals surface area contributed by atoms with Gasteiger partial charge in [0.05, 0.1) is 0 Å². The molecule has 0 bridgehead atoms. The summed E-state index contributed by atoms with van der Waals surface area (Å²) in [6.07, 6.45) is 1.10. The second-order valence-electron chi connectivity index (χ2n) is 2.98. The zero-order chi connectivity index (χ0) is 10.5. The van der Waals surface area contributed by atoms with Gasteiger partial charge in [0, 0.05) is 6.54 Å². The molecule has 5 N–H and O–H groups in total. The van der Waals surface area contributed by atoms with Gasteiger partial charge in [0.1, 0.15) is 5.60 Å². The van der Waals surface area contributed by atoms with E-state index in [2.05, 4.69) is 5.10 Å². The van der Waals surface area contributed by atoms with Gasteiger partial charge in [-0.1, -0.05) is 13.8 Å². The van der Waals surface area contributed by atoms with E-state index in [1.165, 1.54) is 5.01 Å². The molecule has 78 valence electrons. The molecule has 0 spiro atoms. The number of nitrogens with zero attached hydrogens (tertiary/aromatic N) is 2. The van der Waals surface area contributed by atoms with Crippen molar-refractivity contribution in [1.29, 1.82) is 0 Å². The third-order valence-corrected chi connectivity index (χ3v) is 2.32. The Balaban J connectivity index is 4.75. The first-order chi connectivity index (χ1) is 6.05. The van der Waals surface area contributed by atoms with E-state index in [0.29, 0.717) is 25.2 Å². The molecule has 0 fully saturated rings. The first kappa shape index (κ1) is 12.2. The summed E-state index contributed by atoms with van der Waals surface area (Å²) < 4.78 is 0. The fourth-order valence-corrected chi connectivity index (χ4v) is 1.18. The van der Waals surface area contributed by atoms with Crippen LogP contribution in [0.1, 0.15) is 33.6 Å². The number of hydrazone groups is 1. The topological polar surface area (TPSA) is 87.9 Å². The predicted octanol–water partition coefficient (Wildman–Crippen LogP) is 0.00530. The lowest BCUT2D eigenvalue weighted by Gasteiger charge is -2.31. The summed E-state index contributed by atoms with van der Waals surface area (Å²) >= 11 is 0. The van der Waals surface area contributed by atoms with Gasteiger partial charge in [-0.15, -0.1) is 0 Å². The number of likely N-dealkylation sites (N-methyl/N-ethyl adjacent to an activating group) is 1. The summed E-state index contributed by atoms with van der Waals surface area (Å²) in [6.45, 7) is 6.19. The van der Waals surface area contributed by atoms with Crippen LogP contribution >= 0.6 is 0 Å². The average Bonchev–Trinajstić information content (AvgIpc) is 2.18. The van der Waals surface area contributed by atoms with Crippen LogP contribution in [0.2, 0.25) is 0 Å². The Kier molecular flexibility index (Phi) is 4.72. The third kappa shape index (κ3) is 2.57. The summed E-state index contributed by atoms with van der Waals surface area (Å²) in [7, 11) is 0. The van der Waals surface area contributed by atoms with Crippen molar-refractivity contribution in [1.82, 2.24) is 5.01 Å². The monoisotopic (exact) mass is 188 g/mol. The summed E-state index contributed by atoms with van der Waals surface area (Å²) in [6, 6.07) is 0. The van der Waals surface area contributed by atoms with Crippen LogP contribution in [0.25, 0.3) is 0 Å². The average molecular weight is 188 g/mol. The largest absolute Gasteiger partial charge is 0.382 e. The maximum absolute atomic E-state index is 10.1. The van der Waals surface area contributed by atoms with Crippen LogP contribution < -0.4 is 11.7 Å². The molecule has 5 nitrogen and oxygen atoms in total. The Bertz CT molecular complexity index is 177. The fraction of sp³-hybridized carbons (Fsp3) is 0.875.